The van der Waals surface area contributed by atoms with E-state index in [1.54, 1.807) is 17.5 Å². The molecule has 1 atom stereocenters. The molecule has 0 saturated heterocycles. The van der Waals surface area contributed by atoms with Gasteiger partial charge in [0.05, 0.1) is 6.04 Å². The van der Waals surface area contributed by atoms with Crippen LogP contribution in [-0.2, 0) is 6.42 Å². The van der Waals surface area contributed by atoms with Gasteiger partial charge >= 0.3 is 0 Å². The highest BCUT2D eigenvalue weighted by Crippen LogP contribution is 2.36. The van der Waals surface area contributed by atoms with E-state index in [0.29, 0.717) is 5.69 Å². The van der Waals surface area contributed by atoms with E-state index in [1.165, 1.54) is 10.4 Å². The van der Waals surface area contributed by atoms with Crippen LogP contribution in [0.4, 0.5) is 0 Å². The molecule has 2 aromatic heterocycles. The smallest absolute Gasteiger partial charge is 0.273 e. The van der Waals surface area contributed by atoms with Crippen LogP contribution in [0.25, 0.3) is 10.8 Å². The molecule has 3 aromatic rings. The Morgan fingerprint density at radius 2 is 2.17 bits per heavy atom. The molecular weight excluding hydrogens is 304 g/mol. The lowest BCUT2D eigenvalue weighted by Gasteiger charge is -2.35. The largest absolute Gasteiger partial charge is 0.330 e. The van der Waals surface area contributed by atoms with Gasteiger partial charge in [0.25, 0.3) is 5.91 Å². The van der Waals surface area contributed by atoms with E-state index in [-0.39, 0.29) is 11.9 Å². The van der Waals surface area contributed by atoms with Crippen LogP contribution in [0.15, 0.2) is 48.0 Å². The number of aromatic nitrogens is 1. The topological polar surface area (TPSA) is 33.2 Å². The van der Waals surface area contributed by atoms with Crippen LogP contribution >= 0.6 is 11.3 Å². The molecule has 0 aliphatic carbocycles. The second-order valence-electron chi connectivity index (χ2n) is 5.85. The molecule has 1 aliphatic heterocycles. The van der Waals surface area contributed by atoms with Gasteiger partial charge in [-0.15, -0.1) is 11.3 Å². The number of hydrogen-bond acceptors (Lipinski definition) is 3. The van der Waals surface area contributed by atoms with Gasteiger partial charge in [0.15, 0.2) is 0 Å². The Hall–Kier alpha value is -2.20. The highest BCUT2D eigenvalue weighted by molar-refractivity contribution is 7.10. The summed E-state index contributed by atoms with van der Waals surface area (Å²) in [4.78, 5) is 21.0. The minimum absolute atomic E-state index is 0.0468. The Morgan fingerprint density at radius 1 is 1.30 bits per heavy atom. The zero-order valence-electron chi connectivity index (χ0n) is 13.0. The van der Waals surface area contributed by atoms with Crippen LogP contribution < -0.4 is 0 Å². The lowest BCUT2D eigenvalue weighted by molar-refractivity contribution is 0.0653. The fraction of sp³-hybridized carbons (Fsp3) is 0.263. The molecule has 23 heavy (non-hydrogen) atoms. The van der Waals surface area contributed by atoms with Gasteiger partial charge in [0.1, 0.15) is 5.69 Å². The van der Waals surface area contributed by atoms with Crippen LogP contribution in [0, 0.1) is 0 Å². The number of fused-ring (bicyclic) bond motifs is 2. The molecule has 0 bridgehead atoms. The molecule has 0 radical (unpaired) electrons. The highest BCUT2D eigenvalue weighted by atomic mass is 32.1. The quantitative estimate of drug-likeness (QED) is 0.698. The van der Waals surface area contributed by atoms with E-state index in [2.05, 4.69) is 23.4 Å². The molecule has 0 saturated carbocycles. The van der Waals surface area contributed by atoms with Gasteiger partial charge in [0.2, 0.25) is 0 Å². The molecule has 1 aliphatic rings. The molecule has 1 aromatic carbocycles. The maximum Gasteiger partial charge on any atom is 0.273 e. The molecule has 0 unspecified atom stereocenters. The van der Waals surface area contributed by atoms with Crippen molar-refractivity contribution in [3.63, 3.8) is 0 Å². The summed E-state index contributed by atoms with van der Waals surface area (Å²) in [6, 6.07) is 12.3. The monoisotopic (exact) mass is 322 g/mol. The van der Waals surface area contributed by atoms with Crippen molar-refractivity contribution < 1.29 is 4.79 Å². The van der Waals surface area contributed by atoms with E-state index >= 15 is 0 Å². The van der Waals surface area contributed by atoms with Gasteiger partial charge in [-0.3, -0.25) is 9.78 Å². The number of carbonyl (C=O) groups excluding carboxylic acids is 1. The van der Waals surface area contributed by atoms with Gasteiger partial charge in [-0.25, -0.2) is 0 Å². The standard InChI is InChI=1S/C19H18N2OS/c1-2-16-15-9-12-23-17(15)8-11-21(16)19(22)18-14-6-4-3-5-13(14)7-10-20-18/h3-7,9-10,12,16H,2,8,11H2,1H3/t16-/m0/s1. The second kappa shape index (κ2) is 5.78. The number of rotatable bonds is 2. The number of benzene rings is 1. The number of carbonyl (C=O) groups is 1. The minimum atomic E-state index is 0.0468. The van der Waals surface area contributed by atoms with Crippen molar-refractivity contribution in [1.82, 2.24) is 9.88 Å². The zero-order chi connectivity index (χ0) is 15.8. The SMILES string of the molecule is CC[C@H]1c2ccsc2CCN1C(=O)c1nccc2ccccc12. The fourth-order valence-electron chi connectivity index (χ4n) is 3.51. The fourth-order valence-corrected chi connectivity index (χ4v) is 4.43. The Morgan fingerprint density at radius 3 is 3.04 bits per heavy atom. The first-order valence-electron chi connectivity index (χ1n) is 8.00. The Balaban J connectivity index is 1.77. The van der Waals surface area contributed by atoms with Crippen molar-refractivity contribution in [2.75, 3.05) is 6.54 Å². The molecule has 3 heterocycles. The summed E-state index contributed by atoms with van der Waals surface area (Å²) in [5.41, 5.74) is 1.89. The minimum Gasteiger partial charge on any atom is -0.330 e. The summed E-state index contributed by atoms with van der Waals surface area (Å²) >= 11 is 1.80. The van der Waals surface area contributed by atoms with Gasteiger partial charge in [0, 0.05) is 23.0 Å². The molecule has 0 fully saturated rings. The normalized spacial score (nSPS) is 17.3. The van der Waals surface area contributed by atoms with Gasteiger partial charge in [-0.1, -0.05) is 31.2 Å². The molecule has 3 nitrogen and oxygen atoms in total. The lowest BCUT2D eigenvalue weighted by Crippen LogP contribution is -2.39. The molecule has 0 spiro atoms. The van der Waals surface area contributed by atoms with Crippen LogP contribution in [-0.4, -0.2) is 22.3 Å². The number of thiophene rings is 1. The summed E-state index contributed by atoms with van der Waals surface area (Å²) in [6.45, 7) is 2.92. The van der Waals surface area contributed by atoms with Crippen molar-refractivity contribution in [3.05, 3.63) is 64.1 Å². The maximum atomic E-state index is 13.2. The predicted octanol–water partition coefficient (Wildman–Crippen LogP) is 4.45. The summed E-state index contributed by atoms with van der Waals surface area (Å²) in [6.07, 6.45) is 3.61. The number of pyridine rings is 1. The summed E-state index contributed by atoms with van der Waals surface area (Å²) < 4.78 is 0. The average Bonchev–Trinajstić information content (AvgIpc) is 3.08. The van der Waals surface area contributed by atoms with Gasteiger partial charge in [-0.2, -0.15) is 0 Å². The third-order valence-electron chi connectivity index (χ3n) is 4.62. The van der Waals surface area contributed by atoms with E-state index in [0.717, 1.165) is 30.2 Å². The summed E-state index contributed by atoms with van der Waals surface area (Å²) in [5, 5.41) is 4.13. The van der Waals surface area contributed by atoms with E-state index in [1.807, 2.05) is 35.2 Å². The average molecular weight is 322 g/mol. The number of hydrogen-bond donors (Lipinski definition) is 0. The Labute approximate surface area is 139 Å². The Bertz CT molecular complexity index is 865. The van der Waals surface area contributed by atoms with E-state index < -0.39 is 0 Å². The van der Waals surface area contributed by atoms with Crippen LogP contribution in [0.1, 0.15) is 40.3 Å². The third kappa shape index (κ3) is 2.34. The van der Waals surface area contributed by atoms with E-state index in [9.17, 15) is 4.79 Å². The number of amides is 1. The number of nitrogens with zero attached hydrogens (tertiary/aromatic N) is 2. The molecule has 0 N–H and O–H groups in total. The van der Waals surface area contributed by atoms with Crippen molar-refractivity contribution in [3.8, 4) is 0 Å². The first-order chi connectivity index (χ1) is 11.3. The maximum absolute atomic E-state index is 13.2. The van der Waals surface area contributed by atoms with Crippen LogP contribution in [0.5, 0.6) is 0 Å². The van der Waals surface area contributed by atoms with Crippen LogP contribution in [0.3, 0.4) is 0 Å². The van der Waals surface area contributed by atoms with Crippen molar-refractivity contribution in [2.24, 2.45) is 0 Å². The first kappa shape index (κ1) is 14.4. The van der Waals surface area contributed by atoms with Crippen molar-refractivity contribution >= 4 is 28.0 Å². The zero-order valence-corrected chi connectivity index (χ0v) is 13.8. The van der Waals surface area contributed by atoms with E-state index in [4.69, 9.17) is 0 Å². The molecule has 4 rings (SSSR count). The third-order valence-corrected chi connectivity index (χ3v) is 5.62. The summed E-state index contributed by atoms with van der Waals surface area (Å²) in [5.74, 6) is 0.0468. The van der Waals surface area contributed by atoms with Gasteiger partial charge in [-0.05, 0) is 41.3 Å². The lowest BCUT2D eigenvalue weighted by atomic mass is 9.97. The van der Waals surface area contributed by atoms with Crippen LogP contribution in [0.2, 0.25) is 0 Å². The molecule has 116 valence electrons. The Kier molecular flexibility index (Phi) is 3.62. The molecular formula is C19H18N2OS. The highest BCUT2D eigenvalue weighted by Gasteiger charge is 2.31. The van der Waals surface area contributed by atoms with Crippen molar-refractivity contribution in [2.45, 2.75) is 25.8 Å². The van der Waals surface area contributed by atoms with Gasteiger partial charge < -0.3 is 4.90 Å². The summed E-state index contributed by atoms with van der Waals surface area (Å²) in [7, 11) is 0. The second-order valence-corrected chi connectivity index (χ2v) is 6.85. The van der Waals surface area contributed by atoms with Crippen molar-refractivity contribution in [1.29, 1.82) is 0 Å². The molecule has 1 amide bonds. The molecule has 4 heteroatoms. The first-order valence-corrected chi connectivity index (χ1v) is 8.88. The predicted molar refractivity (Wildman–Crippen MR) is 93.8 cm³/mol.